The molecule has 0 atom stereocenters. The van der Waals surface area contributed by atoms with Crippen molar-refractivity contribution >= 4 is 27.7 Å². The zero-order chi connectivity index (χ0) is 12.8. The minimum atomic E-state index is -0.545. The van der Waals surface area contributed by atoms with Crippen LogP contribution in [0.25, 0.3) is 0 Å². The number of phenolic OH excluding ortho intramolecular Hbond substituents is 1. The van der Waals surface area contributed by atoms with Crippen LogP contribution in [0.5, 0.6) is 5.75 Å². The zero-order valence-electron chi connectivity index (χ0n) is 9.40. The number of hydrogen-bond donors (Lipinski definition) is 1. The molecule has 92 valence electrons. The number of ether oxygens (including phenoxy) is 1. The molecule has 0 amide bonds. The van der Waals surface area contributed by atoms with Gasteiger partial charge in [-0.2, -0.15) is 0 Å². The normalized spacial score (nSPS) is 10.0. The van der Waals surface area contributed by atoms with Gasteiger partial charge in [-0.25, -0.2) is 4.79 Å². The Bertz CT molecular complexity index is 392. The van der Waals surface area contributed by atoms with Crippen molar-refractivity contribution < 1.29 is 19.4 Å². The van der Waals surface area contributed by atoms with Gasteiger partial charge in [-0.05, 0) is 25.1 Å². The molecule has 1 N–H and O–H groups in total. The van der Waals surface area contributed by atoms with E-state index >= 15 is 0 Å². The van der Waals surface area contributed by atoms with Crippen molar-refractivity contribution in [2.75, 3.05) is 11.9 Å². The summed E-state index contributed by atoms with van der Waals surface area (Å²) in [5.41, 5.74) is 0.497. The van der Waals surface area contributed by atoms with E-state index in [-0.39, 0.29) is 23.7 Å². The maximum absolute atomic E-state index is 11.6. The standard InChI is InChI=1S/C12H13BrO4/c1-2-17-12(16)9-5-8(6-10(14)7-9)11(15)3-4-13/h5-7,14H,2-4H2,1H3. The van der Waals surface area contributed by atoms with Gasteiger partial charge in [0.05, 0.1) is 12.2 Å². The lowest BCUT2D eigenvalue weighted by molar-refractivity contribution is 0.0526. The number of hydrogen-bond acceptors (Lipinski definition) is 4. The monoisotopic (exact) mass is 300 g/mol. The maximum Gasteiger partial charge on any atom is 0.338 e. The molecule has 0 fully saturated rings. The Morgan fingerprint density at radius 2 is 1.94 bits per heavy atom. The molecular weight excluding hydrogens is 288 g/mol. The SMILES string of the molecule is CCOC(=O)c1cc(O)cc(C(=O)CCBr)c1. The number of carbonyl (C=O) groups excluding carboxylic acids is 2. The Hall–Kier alpha value is -1.36. The Labute approximate surface area is 108 Å². The quantitative estimate of drug-likeness (QED) is 0.516. The number of rotatable bonds is 5. The van der Waals surface area contributed by atoms with Crippen LogP contribution in [-0.2, 0) is 4.74 Å². The first-order valence-corrected chi connectivity index (χ1v) is 6.31. The van der Waals surface area contributed by atoms with Gasteiger partial charge < -0.3 is 9.84 Å². The van der Waals surface area contributed by atoms with Crippen LogP contribution in [0.3, 0.4) is 0 Å². The summed E-state index contributed by atoms with van der Waals surface area (Å²) >= 11 is 3.16. The van der Waals surface area contributed by atoms with E-state index in [1.807, 2.05) is 0 Å². The molecule has 0 bridgehead atoms. The van der Waals surface area contributed by atoms with Gasteiger partial charge in [0.2, 0.25) is 0 Å². The molecule has 0 aliphatic carbocycles. The summed E-state index contributed by atoms with van der Waals surface area (Å²) in [7, 11) is 0. The van der Waals surface area contributed by atoms with Gasteiger partial charge in [0, 0.05) is 17.3 Å². The van der Waals surface area contributed by atoms with Crippen molar-refractivity contribution in [1.82, 2.24) is 0 Å². The Balaban J connectivity index is 3.01. The number of alkyl halides is 1. The molecule has 4 nitrogen and oxygen atoms in total. The number of halogens is 1. The second-order valence-electron chi connectivity index (χ2n) is 3.35. The van der Waals surface area contributed by atoms with Gasteiger partial charge in [0.1, 0.15) is 5.75 Å². The number of phenols is 1. The summed E-state index contributed by atoms with van der Waals surface area (Å²) in [6.07, 6.45) is 0.311. The molecule has 0 saturated heterocycles. The smallest absolute Gasteiger partial charge is 0.338 e. The lowest BCUT2D eigenvalue weighted by atomic mass is 10.1. The van der Waals surface area contributed by atoms with Crippen LogP contribution in [0.4, 0.5) is 0 Å². The largest absolute Gasteiger partial charge is 0.508 e. The number of benzene rings is 1. The van der Waals surface area contributed by atoms with E-state index in [2.05, 4.69) is 15.9 Å². The average molecular weight is 301 g/mol. The van der Waals surface area contributed by atoms with Crippen molar-refractivity contribution in [2.45, 2.75) is 13.3 Å². The van der Waals surface area contributed by atoms with Crippen molar-refractivity contribution in [3.05, 3.63) is 29.3 Å². The lowest BCUT2D eigenvalue weighted by Gasteiger charge is -2.05. The number of aromatic hydroxyl groups is 1. The van der Waals surface area contributed by atoms with E-state index in [1.165, 1.54) is 18.2 Å². The fourth-order valence-corrected chi connectivity index (χ4v) is 1.69. The summed E-state index contributed by atoms with van der Waals surface area (Å²) in [4.78, 5) is 23.1. The van der Waals surface area contributed by atoms with E-state index in [0.29, 0.717) is 17.3 Å². The molecule has 1 aromatic rings. The molecular formula is C12H13BrO4. The molecule has 5 heteroatoms. The molecule has 0 aliphatic rings. The summed E-state index contributed by atoms with van der Waals surface area (Å²) in [5.74, 6) is -0.798. The van der Waals surface area contributed by atoms with Crippen molar-refractivity contribution in [3.8, 4) is 5.75 Å². The van der Waals surface area contributed by atoms with E-state index < -0.39 is 5.97 Å². The molecule has 0 saturated carbocycles. The van der Waals surface area contributed by atoms with Crippen LogP contribution >= 0.6 is 15.9 Å². The van der Waals surface area contributed by atoms with E-state index in [0.717, 1.165) is 0 Å². The third kappa shape index (κ3) is 3.85. The Morgan fingerprint density at radius 3 is 2.53 bits per heavy atom. The Morgan fingerprint density at radius 1 is 1.29 bits per heavy atom. The minimum Gasteiger partial charge on any atom is -0.508 e. The van der Waals surface area contributed by atoms with Crippen LogP contribution in [0, 0.1) is 0 Å². The van der Waals surface area contributed by atoms with Crippen LogP contribution in [-0.4, -0.2) is 28.8 Å². The fraction of sp³-hybridized carbons (Fsp3) is 0.333. The Kier molecular flexibility index (Phi) is 5.15. The second kappa shape index (κ2) is 6.39. The predicted octanol–water partition coefficient (Wildman–Crippen LogP) is 2.54. The molecule has 0 radical (unpaired) electrons. The summed E-state index contributed by atoms with van der Waals surface area (Å²) in [6.45, 7) is 1.94. The maximum atomic E-state index is 11.6. The topological polar surface area (TPSA) is 63.6 Å². The molecule has 1 rings (SSSR count). The van der Waals surface area contributed by atoms with Gasteiger partial charge in [-0.3, -0.25) is 4.79 Å². The summed E-state index contributed by atoms with van der Waals surface area (Å²) < 4.78 is 4.81. The van der Waals surface area contributed by atoms with Crippen LogP contribution in [0.2, 0.25) is 0 Å². The summed E-state index contributed by atoms with van der Waals surface area (Å²) in [5, 5.41) is 9.99. The first-order chi connectivity index (χ1) is 8.08. The lowest BCUT2D eigenvalue weighted by Crippen LogP contribution is -2.07. The highest BCUT2D eigenvalue weighted by Crippen LogP contribution is 2.18. The number of esters is 1. The van der Waals surface area contributed by atoms with Crippen molar-refractivity contribution in [1.29, 1.82) is 0 Å². The van der Waals surface area contributed by atoms with E-state index in [4.69, 9.17) is 4.74 Å². The van der Waals surface area contributed by atoms with Crippen LogP contribution in [0.15, 0.2) is 18.2 Å². The van der Waals surface area contributed by atoms with E-state index in [9.17, 15) is 14.7 Å². The molecule has 0 unspecified atom stereocenters. The van der Waals surface area contributed by atoms with Crippen LogP contribution < -0.4 is 0 Å². The van der Waals surface area contributed by atoms with Gasteiger partial charge in [0.15, 0.2) is 5.78 Å². The number of carbonyl (C=O) groups is 2. The molecule has 0 spiro atoms. The number of Topliss-reactive ketones (excluding diaryl/α,β-unsaturated/α-hetero) is 1. The first-order valence-electron chi connectivity index (χ1n) is 5.18. The highest BCUT2D eigenvalue weighted by Gasteiger charge is 2.13. The zero-order valence-corrected chi connectivity index (χ0v) is 11.0. The van der Waals surface area contributed by atoms with E-state index in [1.54, 1.807) is 6.92 Å². The second-order valence-corrected chi connectivity index (χ2v) is 4.14. The van der Waals surface area contributed by atoms with Crippen molar-refractivity contribution in [2.24, 2.45) is 0 Å². The molecule has 0 heterocycles. The van der Waals surface area contributed by atoms with Gasteiger partial charge in [-0.1, -0.05) is 15.9 Å². The average Bonchev–Trinajstić information content (AvgIpc) is 2.29. The third-order valence-electron chi connectivity index (χ3n) is 2.07. The number of ketones is 1. The predicted molar refractivity (Wildman–Crippen MR) is 66.8 cm³/mol. The molecule has 17 heavy (non-hydrogen) atoms. The highest BCUT2D eigenvalue weighted by atomic mass is 79.9. The fourth-order valence-electron chi connectivity index (χ4n) is 1.33. The van der Waals surface area contributed by atoms with Crippen molar-refractivity contribution in [3.63, 3.8) is 0 Å². The molecule has 0 aromatic heterocycles. The van der Waals surface area contributed by atoms with Gasteiger partial charge >= 0.3 is 5.97 Å². The molecule has 0 aliphatic heterocycles. The summed E-state index contributed by atoms with van der Waals surface area (Å²) in [6, 6.07) is 4.05. The molecule has 1 aromatic carbocycles. The first kappa shape index (κ1) is 13.7. The van der Waals surface area contributed by atoms with Crippen LogP contribution in [0.1, 0.15) is 34.1 Å². The minimum absolute atomic E-state index is 0.117. The third-order valence-corrected chi connectivity index (χ3v) is 2.47. The van der Waals surface area contributed by atoms with Gasteiger partial charge in [-0.15, -0.1) is 0 Å². The highest BCUT2D eigenvalue weighted by molar-refractivity contribution is 9.09. The van der Waals surface area contributed by atoms with Gasteiger partial charge in [0.25, 0.3) is 0 Å².